The van der Waals surface area contributed by atoms with E-state index in [0.29, 0.717) is 0 Å². The van der Waals surface area contributed by atoms with Crippen LogP contribution in [0, 0.1) is 0 Å². The highest BCUT2D eigenvalue weighted by Crippen LogP contribution is 2.44. The third kappa shape index (κ3) is 3.41. The molecule has 1 saturated heterocycles. The van der Waals surface area contributed by atoms with Crippen molar-refractivity contribution in [2.24, 2.45) is 0 Å². The van der Waals surface area contributed by atoms with Crippen LogP contribution in [0.1, 0.15) is 5.56 Å². The third-order valence-corrected chi connectivity index (χ3v) is 24.2. The SMILES string of the molecule is CO[SiH]1CC(OC)(c2c3ccccc3cc3c2ccc2cc4cc5ccccc5cc4cc23)O[SiH2][SiH2]1. The smallest absolute Gasteiger partial charge is 0.184 e. The predicted octanol–water partition coefficient (Wildman–Crippen LogP) is 5.32. The second-order valence-corrected chi connectivity index (χ2v) is 24.2. The summed E-state index contributed by atoms with van der Waals surface area (Å²) in [5, 5.41) is 12.6. The van der Waals surface area contributed by atoms with Crippen molar-refractivity contribution in [2.75, 3.05) is 14.2 Å². The van der Waals surface area contributed by atoms with E-state index in [4.69, 9.17) is 13.6 Å². The van der Waals surface area contributed by atoms with E-state index < -0.39 is 23.6 Å². The van der Waals surface area contributed by atoms with Crippen molar-refractivity contribution < 1.29 is 13.6 Å². The van der Waals surface area contributed by atoms with Crippen LogP contribution in [0.25, 0.3) is 53.9 Å². The van der Waals surface area contributed by atoms with Gasteiger partial charge in [0.2, 0.25) is 0 Å². The van der Waals surface area contributed by atoms with Gasteiger partial charge >= 0.3 is 0 Å². The van der Waals surface area contributed by atoms with E-state index in [1.807, 2.05) is 14.2 Å². The minimum Gasteiger partial charge on any atom is -0.427 e. The van der Waals surface area contributed by atoms with Crippen molar-refractivity contribution >= 4 is 80.3 Å². The highest BCUT2D eigenvalue weighted by atomic mass is 29.6. The van der Waals surface area contributed by atoms with Crippen molar-refractivity contribution in [3.63, 3.8) is 0 Å². The van der Waals surface area contributed by atoms with Crippen LogP contribution >= 0.6 is 0 Å². The Hall–Kier alpha value is -2.85. The fourth-order valence-electron chi connectivity index (χ4n) is 6.16. The summed E-state index contributed by atoms with van der Waals surface area (Å²) >= 11 is 0. The molecule has 0 radical (unpaired) electrons. The normalized spacial score (nSPS) is 22.0. The maximum absolute atomic E-state index is 6.71. The van der Waals surface area contributed by atoms with Gasteiger partial charge in [-0.1, -0.05) is 60.7 Å². The zero-order valence-electron chi connectivity index (χ0n) is 20.6. The Kier molecular flexibility index (Phi) is 5.35. The van der Waals surface area contributed by atoms with E-state index in [-0.39, 0.29) is 8.55 Å². The predicted molar refractivity (Wildman–Crippen MR) is 160 cm³/mol. The van der Waals surface area contributed by atoms with Gasteiger partial charge in [-0.15, -0.1) is 0 Å². The van der Waals surface area contributed by atoms with Crippen molar-refractivity contribution in [2.45, 2.75) is 11.8 Å². The molecule has 36 heavy (non-hydrogen) atoms. The van der Waals surface area contributed by atoms with Crippen LogP contribution < -0.4 is 0 Å². The van der Waals surface area contributed by atoms with Crippen LogP contribution in [0.3, 0.4) is 0 Å². The summed E-state index contributed by atoms with van der Waals surface area (Å²) in [6, 6.07) is 34.4. The van der Waals surface area contributed by atoms with Gasteiger partial charge in [-0.05, 0) is 84.2 Å². The molecule has 2 atom stereocenters. The highest BCUT2D eigenvalue weighted by Gasteiger charge is 2.42. The van der Waals surface area contributed by atoms with E-state index in [0.717, 1.165) is 6.04 Å². The Bertz CT molecular complexity index is 1800. The number of rotatable bonds is 3. The van der Waals surface area contributed by atoms with E-state index >= 15 is 0 Å². The van der Waals surface area contributed by atoms with E-state index in [1.165, 1.54) is 59.4 Å². The van der Waals surface area contributed by atoms with Crippen molar-refractivity contribution in [3.8, 4) is 0 Å². The van der Waals surface area contributed by atoms with Gasteiger partial charge in [0.05, 0.1) is 8.55 Å². The molecule has 1 aliphatic heterocycles. The van der Waals surface area contributed by atoms with E-state index in [9.17, 15) is 0 Å². The van der Waals surface area contributed by atoms with Gasteiger partial charge in [0, 0.05) is 25.8 Å². The lowest BCUT2D eigenvalue weighted by atomic mass is 9.89. The number of fused-ring (bicyclic) bond motifs is 6. The second kappa shape index (κ2) is 8.62. The second-order valence-electron chi connectivity index (χ2n) is 9.91. The minimum absolute atomic E-state index is 0.185. The number of methoxy groups -OCH3 is 1. The molecule has 7 rings (SSSR count). The first-order valence-electron chi connectivity index (χ1n) is 12.6. The zero-order chi connectivity index (χ0) is 24.3. The van der Waals surface area contributed by atoms with Crippen molar-refractivity contribution in [1.82, 2.24) is 0 Å². The fraction of sp³-hybridized carbons (Fsp3) is 0.133. The van der Waals surface area contributed by atoms with E-state index in [2.05, 4.69) is 91.0 Å². The molecule has 0 bridgehead atoms. The van der Waals surface area contributed by atoms with Crippen molar-refractivity contribution in [3.05, 3.63) is 96.6 Å². The van der Waals surface area contributed by atoms with Gasteiger partial charge < -0.3 is 13.6 Å². The summed E-state index contributed by atoms with van der Waals surface area (Å²) in [5.74, 6) is -0.704. The minimum atomic E-state index is -1.23. The molecular weight excluding hydrogens is 493 g/mol. The first-order valence-corrected chi connectivity index (χ1v) is 21.8. The average molecular weight is 521 g/mol. The molecule has 178 valence electrons. The Morgan fingerprint density at radius 1 is 0.667 bits per heavy atom. The first-order chi connectivity index (χ1) is 17.7. The molecule has 1 heterocycles. The monoisotopic (exact) mass is 520 g/mol. The van der Waals surface area contributed by atoms with Crippen LogP contribution in [-0.4, -0.2) is 40.6 Å². The molecule has 2 unspecified atom stereocenters. The number of benzene rings is 6. The average Bonchev–Trinajstić information content (AvgIpc) is 2.93. The summed E-state index contributed by atoms with van der Waals surface area (Å²) in [7, 11) is 1.71. The molecule has 0 spiro atoms. The summed E-state index contributed by atoms with van der Waals surface area (Å²) in [6.07, 6.45) is 0. The van der Waals surface area contributed by atoms with Gasteiger partial charge in [0.15, 0.2) is 14.3 Å². The fourth-order valence-corrected chi connectivity index (χ4v) is 21.2. The quantitative estimate of drug-likeness (QED) is 0.180. The van der Waals surface area contributed by atoms with Gasteiger partial charge in [-0.2, -0.15) is 0 Å². The van der Waals surface area contributed by atoms with Crippen LogP contribution in [0.4, 0.5) is 0 Å². The highest BCUT2D eigenvalue weighted by molar-refractivity contribution is 7.33. The Balaban J connectivity index is 1.58. The summed E-state index contributed by atoms with van der Waals surface area (Å²) in [6.45, 7) is 0. The molecule has 6 aromatic rings. The van der Waals surface area contributed by atoms with Crippen LogP contribution in [0.5, 0.6) is 0 Å². The van der Waals surface area contributed by atoms with Gasteiger partial charge in [0.25, 0.3) is 0 Å². The van der Waals surface area contributed by atoms with Gasteiger partial charge in [0.1, 0.15) is 9.28 Å². The van der Waals surface area contributed by atoms with Crippen LogP contribution in [0.15, 0.2) is 91.0 Å². The molecule has 6 aromatic carbocycles. The molecule has 0 saturated carbocycles. The van der Waals surface area contributed by atoms with Crippen LogP contribution in [-0.2, 0) is 19.4 Å². The summed E-state index contributed by atoms with van der Waals surface area (Å²) in [4.78, 5) is 0. The standard InChI is InChI=1S/C30H28O3Si3/c1-31-30(18-36(32-2)35-34-33-30)29-25-10-6-5-9-21(25)16-28-26(29)12-11-22-15-23-13-19-7-3-4-8-20(19)14-24(23)17-27(22)28/h3-17,36H,18,34-35H2,1-2H3. The Morgan fingerprint density at radius 2 is 1.31 bits per heavy atom. The largest absolute Gasteiger partial charge is 0.427 e. The summed E-state index contributed by atoms with van der Waals surface area (Å²) in [5.41, 5.74) is 1.19. The lowest BCUT2D eigenvalue weighted by molar-refractivity contribution is -0.156. The molecule has 6 heteroatoms. The number of ether oxygens (including phenoxy) is 1. The zero-order valence-corrected chi connectivity index (χ0v) is 24.6. The van der Waals surface area contributed by atoms with E-state index in [1.54, 1.807) is 0 Å². The molecule has 0 aromatic heterocycles. The summed E-state index contributed by atoms with van der Waals surface area (Å²) < 4.78 is 19.1. The van der Waals surface area contributed by atoms with Crippen LogP contribution in [0.2, 0.25) is 6.04 Å². The molecule has 0 amide bonds. The maximum Gasteiger partial charge on any atom is 0.184 e. The Morgan fingerprint density at radius 3 is 2.06 bits per heavy atom. The lowest BCUT2D eigenvalue weighted by Crippen LogP contribution is -2.49. The molecular formula is C30H28O3Si3. The maximum atomic E-state index is 6.71. The molecule has 0 N–H and O–H groups in total. The third-order valence-electron chi connectivity index (χ3n) is 8.00. The number of hydrogen-bond acceptors (Lipinski definition) is 3. The molecule has 1 fully saturated rings. The molecule has 1 aliphatic rings. The van der Waals surface area contributed by atoms with Gasteiger partial charge in [-0.3, -0.25) is 0 Å². The molecule has 3 nitrogen and oxygen atoms in total. The lowest BCUT2D eigenvalue weighted by Gasteiger charge is -2.40. The molecule has 0 aliphatic carbocycles. The van der Waals surface area contributed by atoms with Gasteiger partial charge in [-0.25, -0.2) is 0 Å². The topological polar surface area (TPSA) is 27.7 Å². The first kappa shape index (κ1) is 22.4. The Labute approximate surface area is 216 Å². The number of hydrogen-bond donors (Lipinski definition) is 0. The van der Waals surface area contributed by atoms with Crippen molar-refractivity contribution in [1.29, 1.82) is 0 Å².